The Labute approximate surface area is 96.1 Å². The molecule has 16 heavy (non-hydrogen) atoms. The predicted molar refractivity (Wildman–Crippen MR) is 65.0 cm³/mol. The van der Waals surface area contributed by atoms with E-state index < -0.39 is 0 Å². The Hall–Kier alpha value is -1.64. The number of nitrogens with zero attached hydrogens (tertiary/aromatic N) is 1. The molecule has 0 amide bonds. The lowest BCUT2D eigenvalue weighted by Crippen LogP contribution is -2.06. The first-order valence-electron chi connectivity index (χ1n) is 5.41. The summed E-state index contributed by atoms with van der Waals surface area (Å²) in [6, 6.07) is 9.32. The molecule has 0 heterocycles. The molecular weight excluding hydrogens is 202 g/mol. The number of hydrogen-bond acceptors (Lipinski definition) is 3. The first kappa shape index (κ1) is 12.4. The van der Waals surface area contributed by atoms with E-state index >= 15 is 0 Å². The van der Waals surface area contributed by atoms with Gasteiger partial charge in [0, 0.05) is 0 Å². The third-order valence-corrected chi connectivity index (χ3v) is 2.49. The normalized spacial score (nSPS) is 13.8. The zero-order chi connectivity index (χ0) is 11.8. The van der Waals surface area contributed by atoms with Gasteiger partial charge in [-0.25, -0.2) is 0 Å². The first-order valence-corrected chi connectivity index (χ1v) is 5.41. The van der Waals surface area contributed by atoms with Crippen LogP contribution in [-0.4, -0.2) is 6.10 Å². The third-order valence-electron chi connectivity index (χ3n) is 2.49. The van der Waals surface area contributed by atoms with Crippen molar-refractivity contribution in [2.24, 2.45) is 5.18 Å². The summed E-state index contributed by atoms with van der Waals surface area (Å²) in [7, 11) is 0. The summed E-state index contributed by atoms with van der Waals surface area (Å²) in [6.07, 6.45) is 2.99. The van der Waals surface area contributed by atoms with E-state index in [9.17, 15) is 4.91 Å². The summed E-state index contributed by atoms with van der Waals surface area (Å²) in [4.78, 5) is 10.8. The maximum Gasteiger partial charge on any atom is 0.117 e. The molecule has 2 unspecified atom stereocenters. The molecule has 0 saturated heterocycles. The molecule has 3 nitrogen and oxygen atoms in total. The SMILES string of the molecule is C=COC(C)CCC(N=O)c1ccccc1. The summed E-state index contributed by atoms with van der Waals surface area (Å²) in [6.45, 7) is 5.45. The molecule has 0 aliphatic rings. The van der Waals surface area contributed by atoms with Gasteiger partial charge in [0.05, 0.1) is 12.4 Å². The maximum absolute atomic E-state index is 10.8. The summed E-state index contributed by atoms with van der Waals surface area (Å²) in [5.41, 5.74) is 0.961. The van der Waals surface area contributed by atoms with Gasteiger partial charge in [0.2, 0.25) is 0 Å². The van der Waals surface area contributed by atoms with E-state index in [0.717, 1.165) is 12.0 Å². The molecular formula is C13H17NO2. The molecule has 3 heteroatoms. The van der Waals surface area contributed by atoms with Gasteiger partial charge in [-0.05, 0) is 25.3 Å². The molecule has 1 rings (SSSR count). The molecule has 0 radical (unpaired) electrons. The summed E-state index contributed by atoms with van der Waals surface area (Å²) < 4.78 is 5.19. The van der Waals surface area contributed by atoms with Crippen molar-refractivity contribution in [1.82, 2.24) is 0 Å². The molecule has 0 bridgehead atoms. The van der Waals surface area contributed by atoms with Crippen molar-refractivity contribution < 1.29 is 4.74 Å². The van der Waals surface area contributed by atoms with E-state index in [1.54, 1.807) is 0 Å². The largest absolute Gasteiger partial charge is 0.499 e. The molecule has 0 aromatic heterocycles. The highest BCUT2D eigenvalue weighted by atomic mass is 16.5. The summed E-state index contributed by atoms with van der Waals surface area (Å²) >= 11 is 0. The van der Waals surface area contributed by atoms with Crippen LogP contribution in [-0.2, 0) is 4.74 Å². The van der Waals surface area contributed by atoms with Crippen LogP contribution in [0, 0.1) is 4.91 Å². The standard InChI is InChI=1S/C13H17NO2/c1-3-16-11(2)9-10-13(14-15)12-7-5-4-6-8-12/h3-8,11,13H,1,9-10H2,2H3. The molecule has 0 spiro atoms. The Morgan fingerprint density at radius 3 is 2.62 bits per heavy atom. The zero-order valence-electron chi connectivity index (χ0n) is 9.50. The molecule has 0 aliphatic carbocycles. The van der Waals surface area contributed by atoms with E-state index in [2.05, 4.69) is 11.8 Å². The second-order valence-electron chi connectivity index (χ2n) is 3.72. The van der Waals surface area contributed by atoms with Crippen LogP contribution in [0.2, 0.25) is 0 Å². The monoisotopic (exact) mass is 219 g/mol. The molecule has 1 aromatic carbocycles. The van der Waals surface area contributed by atoms with E-state index in [4.69, 9.17) is 4.74 Å². The van der Waals surface area contributed by atoms with Crippen molar-refractivity contribution in [2.45, 2.75) is 31.9 Å². The van der Waals surface area contributed by atoms with Crippen LogP contribution in [0.5, 0.6) is 0 Å². The number of hydrogen-bond donors (Lipinski definition) is 0. The van der Waals surface area contributed by atoms with Gasteiger partial charge in [-0.2, -0.15) is 4.91 Å². The fourth-order valence-corrected chi connectivity index (χ4v) is 1.58. The fourth-order valence-electron chi connectivity index (χ4n) is 1.58. The highest BCUT2D eigenvalue weighted by Gasteiger charge is 2.13. The molecule has 2 atom stereocenters. The van der Waals surface area contributed by atoms with E-state index in [1.165, 1.54) is 6.26 Å². The van der Waals surface area contributed by atoms with Crippen LogP contribution in [0.4, 0.5) is 0 Å². The fraction of sp³-hybridized carbons (Fsp3) is 0.385. The van der Waals surface area contributed by atoms with Gasteiger partial charge >= 0.3 is 0 Å². The van der Waals surface area contributed by atoms with Gasteiger partial charge in [-0.3, -0.25) is 0 Å². The van der Waals surface area contributed by atoms with Gasteiger partial charge < -0.3 is 4.74 Å². The van der Waals surface area contributed by atoms with Crippen molar-refractivity contribution >= 4 is 0 Å². The Balaban J connectivity index is 2.50. The lowest BCUT2D eigenvalue weighted by atomic mass is 10.0. The Morgan fingerprint density at radius 2 is 2.06 bits per heavy atom. The molecule has 86 valence electrons. The smallest absolute Gasteiger partial charge is 0.117 e. The van der Waals surface area contributed by atoms with E-state index in [0.29, 0.717) is 6.42 Å². The van der Waals surface area contributed by atoms with Crippen molar-refractivity contribution in [3.63, 3.8) is 0 Å². The Morgan fingerprint density at radius 1 is 1.38 bits per heavy atom. The van der Waals surface area contributed by atoms with E-state index in [1.807, 2.05) is 37.3 Å². The Bertz CT molecular complexity index is 324. The van der Waals surface area contributed by atoms with Gasteiger partial charge in [0.25, 0.3) is 0 Å². The highest BCUT2D eigenvalue weighted by molar-refractivity contribution is 5.18. The van der Waals surface area contributed by atoms with Crippen LogP contribution in [0.1, 0.15) is 31.4 Å². The second-order valence-corrected chi connectivity index (χ2v) is 3.72. The minimum atomic E-state index is -0.280. The summed E-state index contributed by atoms with van der Waals surface area (Å²) in [5, 5.41) is 3.16. The van der Waals surface area contributed by atoms with Crippen molar-refractivity contribution in [2.75, 3.05) is 0 Å². The third kappa shape index (κ3) is 3.85. The Kier molecular flexibility index (Phi) is 5.26. The highest BCUT2D eigenvalue weighted by Crippen LogP contribution is 2.23. The van der Waals surface area contributed by atoms with Crippen LogP contribution in [0.3, 0.4) is 0 Å². The van der Waals surface area contributed by atoms with E-state index in [-0.39, 0.29) is 12.1 Å². The first-order chi connectivity index (χ1) is 7.77. The number of rotatable bonds is 7. The van der Waals surface area contributed by atoms with Crippen LogP contribution in [0.25, 0.3) is 0 Å². The van der Waals surface area contributed by atoms with Gasteiger partial charge in [-0.1, -0.05) is 42.1 Å². The lowest BCUT2D eigenvalue weighted by molar-refractivity contribution is 0.149. The zero-order valence-corrected chi connectivity index (χ0v) is 9.50. The van der Waals surface area contributed by atoms with Crippen LogP contribution < -0.4 is 0 Å². The van der Waals surface area contributed by atoms with Crippen molar-refractivity contribution in [1.29, 1.82) is 0 Å². The molecule has 0 saturated carbocycles. The average Bonchev–Trinajstić information content (AvgIpc) is 2.31. The quantitative estimate of drug-likeness (QED) is 0.516. The molecule has 0 aliphatic heterocycles. The maximum atomic E-state index is 10.8. The van der Waals surface area contributed by atoms with Crippen LogP contribution in [0.15, 0.2) is 48.3 Å². The number of ether oxygens (including phenoxy) is 1. The van der Waals surface area contributed by atoms with Gasteiger partial charge in [-0.15, -0.1) is 0 Å². The second kappa shape index (κ2) is 6.77. The van der Waals surface area contributed by atoms with Crippen molar-refractivity contribution in [3.05, 3.63) is 53.6 Å². The minimum absolute atomic E-state index is 0.0745. The lowest BCUT2D eigenvalue weighted by Gasteiger charge is -2.13. The van der Waals surface area contributed by atoms with Gasteiger partial charge in [0.1, 0.15) is 6.04 Å². The average molecular weight is 219 g/mol. The number of benzene rings is 1. The van der Waals surface area contributed by atoms with Crippen LogP contribution >= 0.6 is 0 Å². The molecule has 1 aromatic rings. The van der Waals surface area contributed by atoms with Gasteiger partial charge in [0.15, 0.2) is 0 Å². The predicted octanol–water partition coefficient (Wildman–Crippen LogP) is 3.82. The minimum Gasteiger partial charge on any atom is -0.499 e. The molecule has 0 fully saturated rings. The topological polar surface area (TPSA) is 38.7 Å². The number of nitroso groups, excluding NO2 is 1. The summed E-state index contributed by atoms with van der Waals surface area (Å²) in [5.74, 6) is 0. The molecule has 0 N–H and O–H groups in total. The van der Waals surface area contributed by atoms with Crippen molar-refractivity contribution in [3.8, 4) is 0 Å².